The minimum atomic E-state index is -3.84. The number of halogens is 1. The van der Waals surface area contributed by atoms with Crippen molar-refractivity contribution in [3.63, 3.8) is 0 Å². The first-order valence-corrected chi connectivity index (χ1v) is 11.6. The Hall–Kier alpha value is -2.12. The van der Waals surface area contributed by atoms with Crippen LogP contribution in [-0.4, -0.2) is 34.4 Å². The van der Waals surface area contributed by atoms with E-state index in [4.69, 9.17) is 21.6 Å². The summed E-state index contributed by atoms with van der Waals surface area (Å²) in [5.41, 5.74) is 0.268. The van der Waals surface area contributed by atoms with Crippen molar-refractivity contribution in [2.24, 2.45) is 0 Å². The van der Waals surface area contributed by atoms with Crippen LogP contribution in [0.25, 0.3) is 0 Å². The molecule has 27 heavy (non-hydrogen) atoms. The molecule has 3 rings (SSSR count). The average molecular weight is 427 g/mol. The predicted octanol–water partition coefficient (Wildman–Crippen LogP) is 2.47. The van der Waals surface area contributed by atoms with Crippen LogP contribution in [0.1, 0.15) is 12.0 Å². The minimum Gasteiger partial charge on any atom is -0.456 e. The molecular weight excluding hydrogens is 412 g/mol. The molecule has 7 nitrogen and oxygen atoms in total. The van der Waals surface area contributed by atoms with Gasteiger partial charge in [0.15, 0.2) is 9.84 Å². The van der Waals surface area contributed by atoms with E-state index in [1.165, 1.54) is 24.3 Å². The number of sulfonamides is 1. The molecule has 0 unspecified atom stereocenters. The van der Waals surface area contributed by atoms with Crippen molar-refractivity contribution >= 4 is 31.5 Å². The first-order valence-electron chi connectivity index (χ1n) is 7.89. The van der Waals surface area contributed by atoms with Crippen molar-refractivity contribution < 1.29 is 21.6 Å². The third kappa shape index (κ3) is 4.59. The molecule has 10 heteroatoms. The van der Waals surface area contributed by atoms with Gasteiger partial charge in [-0.3, -0.25) is 0 Å². The standard InChI is InChI=1S/C17H15ClN2O5S2/c18-17-12(10-19)2-1-3-16(17)25-14-4-6-15(7-5-14)27(23,24)20-13-8-9-26(21,22)11-13/h1-7,13,20H,8-9,11H2/t13-/m1/s1. The Morgan fingerprint density at radius 2 is 1.89 bits per heavy atom. The summed E-state index contributed by atoms with van der Waals surface area (Å²) < 4.78 is 55.8. The minimum absolute atomic E-state index is 0.00368. The number of benzene rings is 2. The first kappa shape index (κ1) is 19.6. The predicted molar refractivity (Wildman–Crippen MR) is 100 cm³/mol. The van der Waals surface area contributed by atoms with Crippen molar-refractivity contribution in [2.75, 3.05) is 11.5 Å². The maximum Gasteiger partial charge on any atom is 0.240 e. The van der Waals surface area contributed by atoms with Crippen molar-refractivity contribution in [1.82, 2.24) is 4.72 Å². The van der Waals surface area contributed by atoms with Crippen LogP contribution in [0.15, 0.2) is 47.4 Å². The number of hydrogen-bond donors (Lipinski definition) is 1. The van der Waals surface area contributed by atoms with Gasteiger partial charge in [-0.2, -0.15) is 5.26 Å². The molecule has 0 bridgehead atoms. The van der Waals surface area contributed by atoms with Crippen LogP contribution in [0.3, 0.4) is 0 Å². The van der Waals surface area contributed by atoms with Crippen LogP contribution in [0.4, 0.5) is 0 Å². The second kappa shape index (κ2) is 7.48. The van der Waals surface area contributed by atoms with E-state index in [1.807, 2.05) is 6.07 Å². The zero-order valence-corrected chi connectivity index (χ0v) is 16.3. The van der Waals surface area contributed by atoms with Gasteiger partial charge in [-0.1, -0.05) is 17.7 Å². The van der Waals surface area contributed by atoms with Crippen molar-refractivity contribution in [2.45, 2.75) is 17.4 Å². The number of nitrogens with one attached hydrogen (secondary N) is 1. The smallest absolute Gasteiger partial charge is 0.240 e. The third-order valence-corrected chi connectivity index (χ3v) is 7.69. The zero-order chi connectivity index (χ0) is 19.7. The molecule has 0 aromatic heterocycles. The molecule has 2 aromatic rings. The SMILES string of the molecule is N#Cc1cccc(Oc2ccc(S(=O)(=O)N[C@@H]3CCS(=O)(=O)C3)cc2)c1Cl. The molecular formula is C17H15ClN2O5S2. The Morgan fingerprint density at radius 3 is 2.48 bits per heavy atom. The van der Waals surface area contributed by atoms with E-state index in [1.54, 1.807) is 18.2 Å². The van der Waals surface area contributed by atoms with Crippen molar-refractivity contribution in [3.05, 3.63) is 53.1 Å². The van der Waals surface area contributed by atoms with E-state index >= 15 is 0 Å². The molecule has 2 aromatic carbocycles. The van der Waals surface area contributed by atoms with Gasteiger partial charge >= 0.3 is 0 Å². The summed E-state index contributed by atoms with van der Waals surface area (Å²) in [6, 6.07) is 11.7. The van der Waals surface area contributed by atoms with Gasteiger partial charge < -0.3 is 4.74 Å². The largest absolute Gasteiger partial charge is 0.456 e. The number of nitrogens with zero attached hydrogens (tertiary/aromatic N) is 1. The molecule has 142 valence electrons. The Kier molecular flexibility index (Phi) is 5.44. The summed E-state index contributed by atoms with van der Waals surface area (Å²) in [7, 11) is -7.03. The molecule has 0 spiro atoms. The lowest BCUT2D eigenvalue weighted by atomic mass is 10.2. The summed E-state index contributed by atoms with van der Waals surface area (Å²) in [6.07, 6.45) is 0.260. The monoisotopic (exact) mass is 426 g/mol. The van der Waals surface area contributed by atoms with Crippen LogP contribution >= 0.6 is 11.6 Å². The normalized spacial score (nSPS) is 18.7. The molecule has 0 aliphatic carbocycles. The van der Waals surface area contributed by atoms with Gasteiger partial charge in [0.1, 0.15) is 22.6 Å². The molecule has 1 N–H and O–H groups in total. The fourth-order valence-electron chi connectivity index (χ4n) is 2.67. The van der Waals surface area contributed by atoms with E-state index in [9.17, 15) is 16.8 Å². The van der Waals surface area contributed by atoms with Gasteiger partial charge in [-0.25, -0.2) is 21.6 Å². The highest BCUT2D eigenvalue weighted by atomic mass is 35.5. The number of nitriles is 1. The number of rotatable bonds is 5. The zero-order valence-electron chi connectivity index (χ0n) is 13.9. The topological polar surface area (TPSA) is 113 Å². The van der Waals surface area contributed by atoms with Crippen molar-refractivity contribution in [3.8, 4) is 17.6 Å². The number of sulfone groups is 1. The Labute approximate surface area is 162 Å². The maximum absolute atomic E-state index is 12.4. The van der Waals surface area contributed by atoms with E-state index in [0.717, 1.165) is 0 Å². The highest BCUT2D eigenvalue weighted by molar-refractivity contribution is 7.92. The summed E-state index contributed by atoms with van der Waals surface area (Å²) in [4.78, 5) is -0.00368. The van der Waals surface area contributed by atoms with Crippen LogP contribution in [0, 0.1) is 11.3 Å². The fraction of sp³-hybridized carbons (Fsp3) is 0.235. The van der Waals surface area contributed by atoms with Crippen LogP contribution in [0.5, 0.6) is 11.5 Å². The van der Waals surface area contributed by atoms with Crippen LogP contribution in [0.2, 0.25) is 5.02 Å². The number of hydrogen-bond acceptors (Lipinski definition) is 6. The second-order valence-corrected chi connectivity index (χ2v) is 10.3. The van der Waals surface area contributed by atoms with Gasteiger partial charge in [0.2, 0.25) is 10.0 Å². The van der Waals surface area contributed by atoms with Crippen LogP contribution < -0.4 is 9.46 Å². The summed E-state index contributed by atoms with van der Waals surface area (Å²) >= 11 is 6.08. The second-order valence-electron chi connectivity index (χ2n) is 6.02. The lowest BCUT2D eigenvalue weighted by molar-refractivity contribution is 0.482. The molecule has 1 atom stereocenters. The number of ether oxygens (including phenoxy) is 1. The lowest BCUT2D eigenvalue weighted by Crippen LogP contribution is -2.35. The Balaban J connectivity index is 1.74. The van der Waals surface area contributed by atoms with E-state index in [2.05, 4.69) is 4.72 Å². The first-order chi connectivity index (χ1) is 12.7. The fourth-order valence-corrected chi connectivity index (χ4v) is 5.92. The van der Waals surface area contributed by atoms with Gasteiger partial charge in [-0.15, -0.1) is 0 Å². The molecule has 1 heterocycles. The van der Waals surface area contributed by atoms with Crippen molar-refractivity contribution in [1.29, 1.82) is 5.26 Å². The van der Waals surface area contributed by atoms with Gasteiger partial charge in [0.25, 0.3) is 0 Å². The molecule has 0 radical (unpaired) electrons. The maximum atomic E-state index is 12.4. The lowest BCUT2D eigenvalue weighted by Gasteiger charge is -2.12. The molecule has 1 aliphatic heterocycles. The van der Waals surface area contributed by atoms with Gasteiger partial charge in [-0.05, 0) is 42.8 Å². The molecule has 1 fully saturated rings. The summed E-state index contributed by atoms with van der Waals surface area (Å²) in [6.45, 7) is 0. The van der Waals surface area contributed by atoms with Crippen LogP contribution in [-0.2, 0) is 19.9 Å². The third-order valence-electron chi connectivity index (χ3n) is 4.00. The van der Waals surface area contributed by atoms with Gasteiger partial charge in [0, 0.05) is 6.04 Å². The Morgan fingerprint density at radius 1 is 1.19 bits per heavy atom. The highest BCUT2D eigenvalue weighted by Gasteiger charge is 2.31. The highest BCUT2D eigenvalue weighted by Crippen LogP contribution is 2.32. The Bertz CT molecular complexity index is 1110. The van der Waals surface area contributed by atoms with E-state index in [-0.39, 0.29) is 39.2 Å². The molecule has 0 saturated carbocycles. The summed E-state index contributed by atoms with van der Waals surface area (Å²) in [5, 5.41) is 9.15. The summed E-state index contributed by atoms with van der Waals surface area (Å²) in [5.74, 6) is 0.409. The molecule has 1 aliphatic rings. The quantitative estimate of drug-likeness (QED) is 0.785. The van der Waals surface area contributed by atoms with Gasteiger partial charge in [0.05, 0.1) is 22.0 Å². The van der Waals surface area contributed by atoms with E-state index in [0.29, 0.717) is 5.75 Å². The molecule has 0 amide bonds. The van der Waals surface area contributed by atoms with E-state index < -0.39 is 25.9 Å². The average Bonchev–Trinajstić information content (AvgIpc) is 2.95. The molecule has 1 saturated heterocycles.